The molecule has 132 valence electrons. The molecular weight excluding hydrogens is 376 g/mol. The van der Waals surface area contributed by atoms with Crippen molar-refractivity contribution >= 4 is 27.8 Å². The maximum atomic E-state index is 12.8. The molecule has 0 aliphatic carbocycles. The zero-order valence-corrected chi connectivity index (χ0v) is 15.8. The standard InChI is InChI=1S/C17H23BrN2O4/c1-11-7-15(18)12(2)6-14(11)17(23)20-4-5-24-13(9-20)8-19(3)10-16(21)22/h6-7,13H,4-5,8-10H2,1-3H3,(H,21,22). The fraction of sp³-hybridized carbons (Fsp3) is 0.529. The Hall–Kier alpha value is -1.44. The average Bonchev–Trinajstić information content (AvgIpc) is 2.49. The molecule has 1 aliphatic rings. The Kier molecular flexibility index (Phi) is 6.37. The number of hydrogen-bond donors (Lipinski definition) is 1. The van der Waals surface area contributed by atoms with E-state index in [2.05, 4.69) is 15.9 Å². The van der Waals surface area contributed by atoms with E-state index in [-0.39, 0.29) is 18.6 Å². The van der Waals surface area contributed by atoms with E-state index in [1.54, 1.807) is 16.8 Å². The van der Waals surface area contributed by atoms with Crippen molar-refractivity contribution in [2.75, 3.05) is 39.8 Å². The fourth-order valence-electron chi connectivity index (χ4n) is 2.84. The third-order valence-electron chi connectivity index (χ3n) is 4.08. The molecule has 1 unspecified atom stereocenters. The van der Waals surface area contributed by atoms with Gasteiger partial charge in [-0.1, -0.05) is 15.9 Å². The number of morpholine rings is 1. The lowest BCUT2D eigenvalue weighted by molar-refractivity contribution is -0.138. The molecule has 0 spiro atoms. The summed E-state index contributed by atoms with van der Waals surface area (Å²) in [7, 11) is 1.74. The number of aliphatic carboxylic acids is 1. The third-order valence-corrected chi connectivity index (χ3v) is 4.94. The summed E-state index contributed by atoms with van der Waals surface area (Å²) in [5.41, 5.74) is 2.66. The lowest BCUT2D eigenvalue weighted by Crippen LogP contribution is -2.49. The minimum atomic E-state index is -0.873. The largest absolute Gasteiger partial charge is 0.480 e. The molecule has 1 aliphatic heterocycles. The van der Waals surface area contributed by atoms with Crippen molar-refractivity contribution in [1.82, 2.24) is 9.80 Å². The second kappa shape index (κ2) is 8.09. The van der Waals surface area contributed by atoms with Gasteiger partial charge >= 0.3 is 5.97 Å². The van der Waals surface area contributed by atoms with Crippen LogP contribution in [0.1, 0.15) is 21.5 Å². The first-order valence-corrected chi connectivity index (χ1v) is 8.65. The van der Waals surface area contributed by atoms with Gasteiger partial charge in [0.25, 0.3) is 5.91 Å². The maximum absolute atomic E-state index is 12.8. The molecule has 1 atom stereocenters. The highest BCUT2D eigenvalue weighted by atomic mass is 79.9. The summed E-state index contributed by atoms with van der Waals surface area (Å²) in [6.45, 7) is 5.81. The van der Waals surface area contributed by atoms with Crippen LogP contribution in [0.4, 0.5) is 0 Å². The Morgan fingerprint density at radius 1 is 1.38 bits per heavy atom. The van der Waals surface area contributed by atoms with E-state index >= 15 is 0 Å². The summed E-state index contributed by atoms with van der Waals surface area (Å²) in [4.78, 5) is 27.1. The van der Waals surface area contributed by atoms with Gasteiger partial charge in [-0.25, -0.2) is 0 Å². The van der Waals surface area contributed by atoms with Gasteiger partial charge in [-0.3, -0.25) is 14.5 Å². The number of nitrogens with zero attached hydrogens (tertiary/aromatic N) is 2. The van der Waals surface area contributed by atoms with Crippen molar-refractivity contribution in [3.63, 3.8) is 0 Å². The predicted molar refractivity (Wildman–Crippen MR) is 94.4 cm³/mol. The summed E-state index contributed by atoms with van der Waals surface area (Å²) in [5, 5.41) is 8.83. The van der Waals surface area contributed by atoms with E-state index < -0.39 is 5.97 Å². The highest BCUT2D eigenvalue weighted by molar-refractivity contribution is 9.10. The first-order valence-electron chi connectivity index (χ1n) is 7.86. The van der Waals surface area contributed by atoms with Gasteiger partial charge in [0.15, 0.2) is 0 Å². The van der Waals surface area contributed by atoms with Crippen molar-refractivity contribution in [1.29, 1.82) is 0 Å². The van der Waals surface area contributed by atoms with Crippen LogP contribution in [-0.4, -0.2) is 72.7 Å². The van der Waals surface area contributed by atoms with Crippen LogP contribution < -0.4 is 0 Å². The summed E-state index contributed by atoms with van der Waals surface area (Å²) in [6.07, 6.45) is -0.177. The first kappa shape index (κ1) is 18.9. The summed E-state index contributed by atoms with van der Waals surface area (Å²) < 4.78 is 6.68. The third kappa shape index (κ3) is 4.78. The summed E-state index contributed by atoms with van der Waals surface area (Å²) in [5.74, 6) is -0.875. The number of carbonyl (C=O) groups is 2. The SMILES string of the molecule is Cc1cc(C(=O)N2CCOC(CN(C)CC(=O)O)C2)c(C)cc1Br. The summed E-state index contributed by atoms with van der Waals surface area (Å²) in [6, 6.07) is 3.86. The van der Waals surface area contributed by atoms with Crippen LogP contribution >= 0.6 is 15.9 Å². The minimum Gasteiger partial charge on any atom is -0.480 e. The molecule has 24 heavy (non-hydrogen) atoms. The highest BCUT2D eigenvalue weighted by Gasteiger charge is 2.27. The number of carboxylic acids is 1. The van der Waals surface area contributed by atoms with E-state index in [1.807, 2.05) is 26.0 Å². The zero-order chi connectivity index (χ0) is 17.9. The van der Waals surface area contributed by atoms with Crippen LogP contribution in [0.2, 0.25) is 0 Å². The van der Waals surface area contributed by atoms with E-state index in [0.29, 0.717) is 31.8 Å². The normalized spacial score (nSPS) is 18.0. The molecule has 0 aromatic heterocycles. The molecule has 0 radical (unpaired) electrons. The van der Waals surface area contributed by atoms with E-state index in [9.17, 15) is 9.59 Å². The number of ether oxygens (including phenoxy) is 1. The van der Waals surface area contributed by atoms with Crippen LogP contribution in [0.3, 0.4) is 0 Å². The molecule has 1 fully saturated rings. The van der Waals surface area contributed by atoms with Gasteiger partial charge in [0.05, 0.1) is 19.3 Å². The van der Waals surface area contributed by atoms with Gasteiger partial charge < -0.3 is 14.7 Å². The molecule has 0 bridgehead atoms. The van der Waals surface area contributed by atoms with Crippen LogP contribution in [0.25, 0.3) is 0 Å². The molecule has 1 amide bonds. The van der Waals surface area contributed by atoms with Crippen LogP contribution in [-0.2, 0) is 9.53 Å². The number of carbonyl (C=O) groups excluding carboxylic acids is 1. The second-order valence-corrected chi connectivity index (χ2v) is 7.11. The van der Waals surface area contributed by atoms with Gasteiger partial charge in [0.1, 0.15) is 0 Å². The lowest BCUT2D eigenvalue weighted by Gasteiger charge is -2.35. The number of aryl methyl sites for hydroxylation is 2. The van der Waals surface area contributed by atoms with E-state index in [0.717, 1.165) is 15.6 Å². The molecule has 1 saturated heterocycles. The number of carboxylic acid groups (broad SMARTS) is 1. The molecular formula is C17H23BrN2O4. The maximum Gasteiger partial charge on any atom is 0.317 e. The van der Waals surface area contributed by atoms with Gasteiger partial charge in [-0.05, 0) is 44.2 Å². The van der Waals surface area contributed by atoms with Crippen molar-refractivity contribution in [3.05, 3.63) is 33.3 Å². The zero-order valence-electron chi connectivity index (χ0n) is 14.2. The van der Waals surface area contributed by atoms with Crippen LogP contribution in [0.15, 0.2) is 16.6 Å². The van der Waals surface area contributed by atoms with Crippen LogP contribution in [0, 0.1) is 13.8 Å². The monoisotopic (exact) mass is 398 g/mol. The molecule has 6 nitrogen and oxygen atoms in total. The first-order chi connectivity index (χ1) is 11.3. The number of likely N-dealkylation sites (N-methyl/N-ethyl adjacent to an activating group) is 1. The van der Waals surface area contributed by atoms with Gasteiger partial charge in [-0.15, -0.1) is 0 Å². The smallest absolute Gasteiger partial charge is 0.317 e. The Bertz CT molecular complexity index is 635. The number of benzene rings is 1. The Morgan fingerprint density at radius 3 is 2.75 bits per heavy atom. The minimum absolute atomic E-state index is 0.00251. The molecule has 2 rings (SSSR count). The number of halogens is 1. The van der Waals surface area contributed by atoms with Gasteiger partial charge in [0, 0.05) is 29.7 Å². The number of amides is 1. The second-order valence-electron chi connectivity index (χ2n) is 6.25. The van der Waals surface area contributed by atoms with Crippen molar-refractivity contribution in [2.24, 2.45) is 0 Å². The fourth-order valence-corrected chi connectivity index (χ4v) is 3.30. The molecule has 1 aromatic rings. The quantitative estimate of drug-likeness (QED) is 0.820. The topological polar surface area (TPSA) is 70.1 Å². The van der Waals surface area contributed by atoms with E-state index in [1.165, 1.54) is 0 Å². The van der Waals surface area contributed by atoms with E-state index in [4.69, 9.17) is 9.84 Å². The molecule has 7 heteroatoms. The number of rotatable bonds is 5. The molecule has 1 N–H and O–H groups in total. The average molecular weight is 399 g/mol. The highest BCUT2D eigenvalue weighted by Crippen LogP contribution is 2.23. The van der Waals surface area contributed by atoms with Crippen LogP contribution in [0.5, 0.6) is 0 Å². The van der Waals surface area contributed by atoms with Gasteiger partial charge in [-0.2, -0.15) is 0 Å². The Balaban J connectivity index is 2.05. The number of hydrogen-bond acceptors (Lipinski definition) is 4. The molecule has 0 saturated carbocycles. The molecule has 1 heterocycles. The summed E-state index contributed by atoms with van der Waals surface area (Å²) >= 11 is 3.48. The Labute approximate surface area is 150 Å². The molecule has 1 aromatic carbocycles. The van der Waals surface area contributed by atoms with Crippen molar-refractivity contribution in [3.8, 4) is 0 Å². The van der Waals surface area contributed by atoms with Crippen molar-refractivity contribution < 1.29 is 19.4 Å². The predicted octanol–water partition coefficient (Wildman–Crippen LogP) is 1.92. The Morgan fingerprint density at radius 2 is 2.08 bits per heavy atom. The van der Waals surface area contributed by atoms with Gasteiger partial charge in [0.2, 0.25) is 0 Å². The van der Waals surface area contributed by atoms with Crippen molar-refractivity contribution in [2.45, 2.75) is 20.0 Å². The lowest BCUT2D eigenvalue weighted by atomic mass is 10.0.